The van der Waals surface area contributed by atoms with E-state index < -0.39 is 39.8 Å². The number of nitrogens with two attached hydrogens (primary N) is 1. The highest BCUT2D eigenvalue weighted by atomic mass is 35.5. The van der Waals surface area contributed by atoms with Gasteiger partial charge in [-0.15, -0.1) is 0 Å². The van der Waals surface area contributed by atoms with E-state index in [0.717, 1.165) is 22.8 Å². The summed E-state index contributed by atoms with van der Waals surface area (Å²) in [7, 11) is 0. The van der Waals surface area contributed by atoms with E-state index in [2.05, 4.69) is 0 Å². The van der Waals surface area contributed by atoms with Gasteiger partial charge < -0.3 is 5.73 Å². The first-order valence-corrected chi connectivity index (χ1v) is 6.25. The molecule has 0 fully saturated rings. The fourth-order valence-electron chi connectivity index (χ4n) is 2.22. The van der Waals surface area contributed by atoms with Crippen molar-refractivity contribution in [2.75, 3.05) is 5.73 Å². The highest BCUT2D eigenvalue weighted by Crippen LogP contribution is 2.26. The second-order valence-corrected chi connectivity index (χ2v) is 4.88. The molecule has 0 spiro atoms. The molecule has 0 radical (unpaired) electrons. The zero-order valence-electron chi connectivity index (χ0n) is 10.6. The molecule has 1 aromatic heterocycles. The predicted octanol–water partition coefficient (Wildman–Crippen LogP) is 1.23. The zero-order valence-corrected chi connectivity index (χ0v) is 11.4. The van der Waals surface area contributed by atoms with Gasteiger partial charge in [-0.3, -0.25) is 24.3 Å². The van der Waals surface area contributed by atoms with Crippen LogP contribution in [0.5, 0.6) is 0 Å². The van der Waals surface area contributed by atoms with Crippen molar-refractivity contribution in [3.05, 3.63) is 56.3 Å². The summed E-state index contributed by atoms with van der Waals surface area (Å²) in [6, 6.07) is 2.46. The molecule has 6 nitrogen and oxygen atoms in total. The molecule has 0 unspecified atom stereocenters. The van der Waals surface area contributed by atoms with E-state index in [-0.39, 0.29) is 16.8 Å². The Morgan fingerprint density at radius 2 is 1.64 bits per heavy atom. The Labute approximate surface area is 126 Å². The first-order chi connectivity index (χ1) is 10.3. The number of imide groups is 1. The number of fused-ring (bicyclic) bond motifs is 1. The molecule has 3 N–H and O–H groups in total. The number of rotatable bonds is 1. The van der Waals surface area contributed by atoms with Crippen LogP contribution in [0.1, 0.15) is 20.7 Å². The third kappa shape index (κ3) is 1.88. The maximum absolute atomic E-state index is 13.5. The number of halogens is 3. The van der Waals surface area contributed by atoms with Crippen molar-refractivity contribution in [3.8, 4) is 5.69 Å². The number of hydrogen-bond donors (Lipinski definition) is 2. The molecule has 2 amide bonds. The number of benzene rings is 1. The van der Waals surface area contributed by atoms with Gasteiger partial charge in [-0.1, -0.05) is 11.6 Å². The third-order valence-electron chi connectivity index (χ3n) is 3.18. The van der Waals surface area contributed by atoms with Crippen molar-refractivity contribution >= 4 is 29.2 Å². The Hall–Kier alpha value is -2.74. The van der Waals surface area contributed by atoms with Gasteiger partial charge in [0, 0.05) is 6.07 Å². The molecule has 0 atom stereocenters. The van der Waals surface area contributed by atoms with E-state index in [1.54, 1.807) is 0 Å². The zero-order chi connectivity index (χ0) is 16.2. The largest absolute Gasteiger partial charge is 0.384 e. The highest BCUT2D eigenvalue weighted by Gasteiger charge is 2.32. The Morgan fingerprint density at radius 3 is 2.23 bits per heavy atom. The van der Waals surface area contributed by atoms with Crippen LogP contribution < -0.4 is 16.6 Å². The molecular weight excluding hydrogens is 320 g/mol. The SMILES string of the molecule is Nc1c2c(cc(=O)n1-c1cc(F)c(Cl)c(F)c1)C(=O)NC2=O. The molecule has 0 saturated carbocycles. The van der Waals surface area contributed by atoms with Crippen LogP contribution in [-0.4, -0.2) is 16.4 Å². The van der Waals surface area contributed by atoms with E-state index in [0.29, 0.717) is 0 Å². The lowest BCUT2D eigenvalue weighted by atomic mass is 10.1. The topological polar surface area (TPSA) is 94.2 Å². The van der Waals surface area contributed by atoms with Gasteiger partial charge in [0.05, 0.1) is 16.8 Å². The molecule has 0 aliphatic carbocycles. The van der Waals surface area contributed by atoms with Gasteiger partial charge in [0.2, 0.25) is 0 Å². The first-order valence-electron chi connectivity index (χ1n) is 5.87. The monoisotopic (exact) mass is 325 g/mol. The smallest absolute Gasteiger partial charge is 0.262 e. The standard InChI is InChI=1S/C13H6ClF2N3O3/c14-10-6(15)1-4(2-7(10)16)19-8(20)3-5-9(11(19)17)13(22)18-12(5)21/h1-3H,17H2,(H,18,21,22). The minimum absolute atomic E-state index is 0.182. The predicted molar refractivity (Wildman–Crippen MR) is 73.2 cm³/mol. The van der Waals surface area contributed by atoms with E-state index in [9.17, 15) is 23.2 Å². The summed E-state index contributed by atoms with van der Waals surface area (Å²) in [6.07, 6.45) is 0. The molecule has 22 heavy (non-hydrogen) atoms. The summed E-state index contributed by atoms with van der Waals surface area (Å²) < 4.78 is 27.8. The second kappa shape index (κ2) is 4.63. The molecule has 1 aliphatic heterocycles. The van der Waals surface area contributed by atoms with E-state index in [4.69, 9.17) is 17.3 Å². The number of nitrogen functional groups attached to an aromatic ring is 1. The van der Waals surface area contributed by atoms with Crippen LogP contribution in [0.3, 0.4) is 0 Å². The van der Waals surface area contributed by atoms with Gasteiger partial charge in [0.25, 0.3) is 17.4 Å². The van der Waals surface area contributed by atoms with Crippen LogP contribution in [0, 0.1) is 11.6 Å². The van der Waals surface area contributed by atoms with Crippen LogP contribution >= 0.6 is 11.6 Å². The Morgan fingerprint density at radius 1 is 1.05 bits per heavy atom. The fraction of sp³-hybridized carbons (Fsp3) is 0. The van der Waals surface area contributed by atoms with Crippen molar-refractivity contribution in [1.29, 1.82) is 0 Å². The van der Waals surface area contributed by atoms with Crippen molar-refractivity contribution in [2.45, 2.75) is 0 Å². The number of aromatic nitrogens is 1. The van der Waals surface area contributed by atoms with Crippen LogP contribution in [0.2, 0.25) is 5.02 Å². The lowest BCUT2D eigenvalue weighted by Crippen LogP contribution is -2.24. The summed E-state index contributed by atoms with van der Waals surface area (Å²) in [5.41, 5.74) is 4.26. The van der Waals surface area contributed by atoms with Crippen LogP contribution in [0.25, 0.3) is 5.69 Å². The van der Waals surface area contributed by atoms with Crippen molar-refractivity contribution in [1.82, 2.24) is 9.88 Å². The minimum Gasteiger partial charge on any atom is -0.384 e. The van der Waals surface area contributed by atoms with E-state index in [1.165, 1.54) is 0 Å². The first kappa shape index (κ1) is 14.2. The molecule has 2 aromatic rings. The van der Waals surface area contributed by atoms with Gasteiger partial charge in [0.1, 0.15) is 22.5 Å². The fourth-order valence-corrected chi connectivity index (χ4v) is 2.33. The maximum atomic E-state index is 13.5. The van der Waals surface area contributed by atoms with Crippen molar-refractivity contribution in [2.24, 2.45) is 0 Å². The maximum Gasteiger partial charge on any atom is 0.262 e. The molecule has 112 valence electrons. The number of nitrogens with zero attached hydrogens (tertiary/aromatic N) is 1. The molecule has 9 heteroatoms. The summed E-state index contributed by atoms with van der Waals surface area (Å²) in [5, 5.41) is 1.25. The highest BCUT2D eigenvalue weighted by molar-refractivity contribution is 6.31. The minimum atomic E-state index is -1.09. The molecule has 1 aliphatic rings. The number of amides is 2. The average molecular weight is 326 g/mol. The Kier molecular flexibility index (Phi) is 2.99. The van der Waals surface area contributed by atoms with Gasteiger partial charge in [-0.2, -0.15) is 0 Å². The normalized spacial score (nSPS) is 13.2. The molecule has 1 aromatic carbocycles. The van der Waals surface area contributed by atoms with Gasteiger partial charge in [0.15, 0.2) is 0 Å². The Bertz CT molecular complexity index is 900. The lowest BCUT2D eigenvalue weighted by molar-refractivity contribution is 0.0880. The number of pyridine rings is 1. The van der Waals surface area contributed by atoms with E-state index >= 15 is 0 Å². The van der Waals surface area contributed by atoms with Gasteiger partial charge >= 0.3 is 0 Å². The molecule has 2 heterocycles. The number of carbonyl (C=O) groups excluding carboxylic acids is 2. The summed E-state index contributed by atoms with van der Waals surface area (Å²) >= 11 is 5.38. The molecule has 3 rings (SSSR count). The lowest BCUT2D eigenvalue weighted by Gasteiger charge is -2.12. The third-order valence-corrected chi connectivity index (χ3v) is 3.54. The Balaban J connectivity index is 2.35. The van der Waals surface area contributed by atoms with Crippen LogP contribution in [0.4, 0.5) is 14.6 Å². The summed E-state index contributed by atoms with van der Waals surface area (Å²) in [4.78, 5) is 35.3. The number of hydrogen-bond acceptors (Lipinski definition) is 4. The molecule has 0 bridgehead atoms. The molecule has 0 saturated heterocycles. The van der Waals surface area contributed by atoms with Gasteiger partial charge in [-0.05, 0) is 12.1 Å². The number of anilines is 1. The van der Waals surface area contributed by atoms with Crippen molar-refractivity contribution < 1.29 is 18.4 Å². The summed E-state index contributed by atoms with van der Waals surface area (Å²) in [5.74, 6) is -4.13. The van der Waals surface area contributed by atoms with Crippen molar-refractivity contribution in [3.63, 3.8) is 0 Å². The van der Waals surface area contributed by atoms with E-state index in [1.807, 2.05) is 5.32 Å². The average Bonchev–Trinajstić information content (AvgIpc) is 2.71. The number of carbonyl (C=O) groups is 2. The molecular formula is C13H6ClF2N3O3. The second-order valence-electron chi connectivity index (χ2n) is 4.50. The van der Waals surface area contributed by atoms with Crippen LogP contribution in [0.15, 0.2) is 23.0 Å². The quantitative estimate of drug-likeness (QED) is 0.609. The van der Waals surface area contributed by atoms with Crippen LogP contribution in [-0.2, 0) is 0 Å². The summed E-state index contributed by atoms with van der Waals surface area (Å²) in [6.45, 7) is 0. The number of nitrogens with one attached hydrogen (secondary N) is 1. The van der Waals surface area contributed by atoms with Gasteiger partial charge in [-0.25, -0.2) is 8.78 Å².